The number of carbonyl (C=O) groups is 3. The zero-order valence-electron chi connectivity index (χ0n) is 11.1. The molecule has 0 aromatic carbocycles. The summed E-state index contributed by atoms with van der Waals surface area (Å²) in [6.45, 7) is -0.175. The zero-order chi connectivity index (χ0) is 15.4. The van der Waals surface area contributed by atoms with E-state index in [0.717, 1.165) is 0 Å². The predicted octanol–water partition coefficient (Wildman–Crippen LogP) is 1.14. The van der Waals surface area contributed by atoms with Crippen LogP contribution in [0.25, 0.3) is 0 Å². The maximum Gasteiger partial charge on any atom is 0.306 e. The van der Waals surface area contributed by atoms with Crippen LogP contribution in [0.4, 0.5) is 0 Å². The number of hydrogen-bond acceptors (Lipinski definition) is 4. The van der Waals surface area contributed by atoms with Crippen LogP contribution in [0, 0.1) is 5.92 Å². The summed E-state index contributed by atoms with van der Waals surface area (Å²) in [6.07, 6.45) is 1.63. The van der Waals surface area contributed by atoms with Gasteiger partial charge in [0.15, 0.2) is 10.4 Å². The Bertz CT molecular complexity index is 557. The van der Waals surface area contributed by atoms with Crippen LogP contribution in [0.15, 0.2) is 21.2 Å². The highest BCUT2D eigenvalue weighted by Crippen LogP contribution is 2.25. The van der Waals surface area contributed by atoms with Crippen molar-refractivity contribution in [1.29, 1.82) is 0 Å². The fraction of sp³-hybridized carbons (Fsp3) is 0.462. The summed E-state index contributed by atoms with van der Waals surface area (Å²) in [5.41, 5.74) is 0. The van der Waals surface area contributed by atoms with E-state index in [0.29, 0.717) is 23.9 Å². The summed E-state index contributed by atoms with van der Waals surface area (Å²) in [7, 11) is 0. The standard InChI is InChI=1S/C13H15BrN2O5/c14-10-4-3-9(21-10)12(18)15-6-11(17)16-8-2-1-7(5-8)13(19)20/h3-4,7-8H,1-2,5-6H2,(H,15,18)(H,16,17)(H,19,20)/t7-,8+/m1/s1. The fourth-order valence-electron chi connectivity index (χ4n) is 2.30. The van der Waals surface area contributed by atoms with E-state index in [1.54, 1.807) is 6.07 Å². The molecule has 0 bridgehead atoms. The van der Waals surface area contributed by atoms with E-state index in [1.807, 2.05) is 0 Å². The van der Waals surface area contributed by atoms with E-state index >= 15 is 0 Å². The maximum absolute atomic E-state index is 11.7. The number of halogens is 1. The molecule has 8 heteroatoms. The van der Waals surface area contributed by atoms with Gasteiger partial charge in [-0.25, -0.2) is 0 Å². The highest BCUT2D eigenvalue weighted by molar-refractivity contribution is 9.10. The molecule has 1 fully saturated rings. The summed E-state index contributed by atoms with van der Waals surface area (Å²) in [5.74, 6) is -1.94. The monoisotopic (exact) mass is 358 g/mol. The molecule has 2 amide bonds. The molecule has 1 aromatic heterocycles. The van der Waals surface area contributed by atoms with Crippen LogP contribution >= 0.6 is 15.9 Å². The summed E-state index contributed by atoms with van der Waals surface area (Å²) in [4.78, 5) is 34.2. The van der Waals surface area contributed by atoms with Crippen LogP contribution in [0.1, 0.15) is 29.8 Å². The van der Waals surface area contributed by atoms with Crippen LogP contribution in [0.3, 0.4) is 0 Å². The number of carbonyl (C=O) groups excluding carboxylic acids is 2. The van der Waals surface area contributed by atoms with Crippen LogP contribution in [-0.4, -0.2) is 35.5 Å². The average molecular weight is 359 g/mol. The predicted molar refractivity (Wildman–Crippen MR) is 75.6 cm³/mol. The topological polar surface area (TPSA) is 109 Å². The Labute approximate surface area is 129 Å². The van der Waals surface area contributed by atoms with E-state index in [2.05, 4.69) is 26.6 Å². The van der Waals surface area contributed by atoms with E-state index in [-0.39, 0.29) is 24.3 Å². The first-order valence-electron chi connectivity index (χ1n) is 6.51. The van der Waals surface area contributed by atoms with Crippen LogP contribution < -0.4 is 10.6 Å². The molecule has 0 unspecified atom stereocenters. The van der Waals surface area contributed by atoms with Gasteiger partial charge in [-0.3, -0.25) is 14.4 Å². The number of carboxylic acids is 1. The van der Waals surface area contributed by atoms with E-state index < -0.39 is 17.8 Å². The molecular formula is C13H15BrN2O5. The summed E-state index contributed by atoms with van der Waals surface area (Å²) in [5, 5.41) is 14.0. The molecule has 1 aromatic rings. The van der Waals surface area contributed by atoms with Gasteiger partial charge in [0.2, 0.25) is 5.91 Å². The summed E-state index contributed by atoms with van der Waals surface area (Å²) < 4.78 is 5.49. The van der Waals surface area contributed by atoms with Crippen molar-refractivity contribution >= 4 is 33.7 Å². The molecule has 3 N–H and O–H groups in total. The third kappa shape index (κ3) is 4.32. The number of nitrogens with one attached hydrogen (secondary N) is 2. The molecular weight excluding hydrogens is 344 g/mol. The Hall–Kier alpha value is -1.83. The highest BCUT2D eigenvalue weighted by Gasteiger charge is 2.30. The van der Waals surface area contributed by atoms with Crippen molar-refractivity contribution in [2.24, 2.45) is 5.92 Å². The third-order valence-corrected chi connectivity index (χ3v) is 3.78. The lowest BCUT2D eigenvalue weighted by molar-refractivity contribution is -0.141. The molecule has 7 nitrogen and oxygen atoms in total. The van der Waals surface area contributed by atoms with Crippen LogP contribution in [0.5, 0.6) is 0 Å². The quantitative estimate of drug-likeness (QED) is 0.731. The smallest absolute Gasteiger partial charge is 0.306 e. The molecule has 0 spiro atoms. The highest BCUT2D eigenvalue weighted by atomic mass is 79.9. The molecule has 114 valence electrons. The second-order valence-electron chi connectivity index (χ2n) is 4.90. The lowest BCUT2D eigenvalue weighted by Gasteiger charge is -2.12. The molecule has 1 saturated carbocycles. The Morgan fingerprint density at radius 1 is 1.33 bits per heavy atom. The normalized spacial score (nSPS) is 21.0. The summed E-state index contributed by atoms with van der Waals surface area (Å²) >= 11 is 3.08. The van der Waals surface area contributed by atoms with Gasteiger partial charge in [0.1, 0.15) is 0 Å². The minimum Gasteiger partial charge on any atom is -0.481 e. The first-order valence-corrected chi connectivity index (χ1v) is 7.30. The van der Waals surface area contributed by atoms with Crippen molar-refractivity contribution in [3.63, 3.8) is 0 Å². The zero-order valence-corrected chi connectivity index (χ0v) is 12.7. The number of furan rings is 1. The third-order valence-electron chi connectivity index (χ3n) is 3.35. The molecule has 1 heterocycles. The van der Waals surface area contributed by atoms with Crippen molar-refractivity contribution in [2.75, 3.05) is 6.54 Å². The molecule has 1 aliphatic carbocycles. The Kier molecular flexibility index (Phi) is 5.00. The molecule has 0 saturated heterocycles. The van der Waals surface area contributed by atoms with E-state index in [1.165, 1.54) is 6.07 Å². The first-order chi connectivity index (χ1) is 9.95. The minimum absolute atomic E-state index is 0.112. The number of aliphatic carboxylic acids is 1. The first kappa shape index (κ1) is 15.6. The number of carboxylic acid groups (broad SMARTS) is 1. The van der Waals surface area contributed by atoms with Crippen molar-refractivity contribution in [1.82, 2.24) is 10.6 Å². The van der Waals surface area contributed by atoms with E-state index in [4.69, 9.17) is 9.52 Å². The van der Waals surface area contributed by atoms with E-state index in [9.17, 15) is 14.4 Å². The largest absolute Gasteiger partial charge is 0.481 e. The van der Waals surface area contributed by atoms with Gasteiger partial charge in [0, 0.05) is 6.04 Å². The lowest BCUT2D eigenvalue weighted by atomic mass is 10.1. The van der Waals surface area contributed by atoms with Crippen molar-refractivity contribution in [3.05, 3.63) is 22.6 Å². The molecule has 2 atom stereocenters. The van der Waals surface area contributed by atoms with Gasteiger partial charge in [-0.15, -0.1) is 0 Å². The van der Waals surface area contributed by atoms with Crippen molar-refractivity contribution in [3.8, 4) is 0 Å². The van der Waals surface area contributed by atoms with Gasteiger partial charge in [-0.05, 0) is 47.3 Å². The second-order valence-corrected chi connectivity index (χ2v) is 5.68. The Balaban J connectivity index is 1.73. The summed E-state index contributed by atoms with van der Waals surface area (Å²) in [6, 6.07) is 2.93. The number of amides is 2. The fourth-order valence-corrected chi connectivity index (χ4v) is 2.61. The number of hydrogen-bond donors (Lipinski definition) is 3. The van der Waals surface area contributed by atoms with Gasteiger partial charge in [0.05, 0.1) is 12.5 Å². The molecule has 0 radical (unpaired) electrons. The Morgan fingerprint density at radius 3 is 2.67 bits per heavy atom. The minimum atomic E-state index is -0.830. The average Bonchev–Trinajstić information content (AvgIpc) is 3.05. The Morgan fingerprint density at radius 2 is 2.10 bits per heavy atom. The molecule has 0 aliphatic heterocycles. The van der Waals surface area contributed by atoms with Crippen molar-refractivity contribution < 1.29 is 23.9 Å². The van der Waals surface area contributed by atoms with Gasteiger partial charge in [-0.1, -0.05) is 0 Å². The molecule has 2 rings (SSSR count). The SMILES string of the molecule is O=C(CNC(=O)c1ccc(Br)o1)N[C@H]1CC[C@@H](C(=O)O)C1. The maximum atomic E-state index is 11.7. The van der Waals surface area contributed by atoms with Gasteiger partial charge in [-0.2, -0.15) is 0 Å². The van der Waals surface area contributed by atoms with Crippen LogP contribution in [0.2, 0.25) is 0 Å². The van der Waals surface area contributed by atoms with Gasteiger partial charge < -0.3 is 20.2 Å². The number of rotatable bonds is 5. The lowest BCUT2D eigenvalue weighted by Crippen LogP contribution is -2.41. The molecule has 1 aliphatic rings. The molecule has 21 heavy (non-hydrogen) atoms. The van der Waals surface area contributed by atoms with Crippen molar-refractivity contribution in [2.45, 2.75) is 25.3 Å². The second kappa shape index (κ2) is 6.75. The van der Waals surface area contributed by atoms with Gasteiger partial charge >= 0.3 is 5.97 Å². The van der Waals surface area contributed by atoms with Crippen LogP contribution in [-0.2, 0) is 9.59 Å². The van der Waals surface area contributed by atoms with Gasteiger partial charge in [0.25, 0.3) is 5.91 Å².